The van der Waals surface area contributed by atoms with Crippen LogP contribution in [0.1, 0.15) is 0 Å². The molecule has 0 fully saturated rings. The van der Waals surface area contributed by atoms with E-state index in [1.807, 2.05) is 42.6 Å². The number of nitrogen functional groups attached to an aromatic ring is 1. The van der Waals surface area contributed by atoms with Gasteiger partial charge in [0.25, 0.3) is 0 Å². The minimum absolute atomic E-state index is 0.501. The second-order valence-electron chi connectivity index (χ2n) is 6.95. The molecule has 0 spiro atoms. The number of nitrogens with two attached hydrogens (primary N) is 1. The normalized spacial score (nSPS) is 10.9. The largest absolute Gasteiger partial charge is 0.497 e. The van der Waals surface area contributed by atoms with Crippen LogP contribution in [0.25, 0.3) is 33.2 Å². The van der Waals surface area contributed by atoms with E-state index in [0.717, 1.165) is 44.6 Å². The van der Waals surface area contributed by atoms with Crippen LogP contribution in [-0.2, 0) is 0 Å². The number of fused-ring (bicyclic) bond motifs is 1. The van der Waals surface area contributed by atoms with Crippen LogP contribution in [0.3, 0.4) is 0 Å². The molecule has 6 nitrogen and oxygen atoms in total. The lowest BCUT2D eigenvalue weighted by molar-refractivity contribution is 0.415. The summed E-state index contributed by atoms with van der Waals surface area (Å²) in [5.41, 5.74) is 11.1. The molecular weight excluding hydrogens is 406 g/mol. The van der Waals surface area contributed by atoms with E-state index in [-0.39, 0.29) is 0 Å². The lowest BCUT2D eigenvalue weighted by Gasteiger charge is -2.10. The van der Waals surface area contributed by atoms with Crippen molar-refractivity contribution in [1.82, 2.24) is 15.0 Å². The zero-order valence-corrected chi connectivity index (χ0v) is 17.6. The molecule has 0 saturated heterocycles. The van der Waals surface area contributed by atoms with Crippen molar-refractivity contribution in [2.45, 2.75) is 0 Å². The molecule has 0 unspecified atom stereocenters. The highest BCUT2D eigenvalue weighted by atomic mass is 32.1. The number of nitrogens with one attached hydrogen (secondary N) is 1. The third-order valence-electron chi connectivity index (χ3n) is 5.05. The standard InChI is InChI=1S/C24H19N5OS/c1-30-18-5-3-17(4-6-18)28-24-26-10-8-22(29-24)15-2-7-19-20(12-15)23(25)27-13-21(19)16-9-11-31-14-16/h2-14H,1H3,(H2,25,27)(H,26,28,29). The highest BCUT2D eigenvalue weighted by molar-refractivity contribution is 7.08. The summed E-state index contributed by atoms with van der Waals surface area (Å²) in [5, 5.41) is 9.38. The van der Waals surface area contributed by atoms with E-state index in [1.54, 1.807) is 24.6 Å². The van der Waals surface area contributed by atoms with Gasteiger partial charge in [-0.15, -0.1) is 0 Å². The zero-order chi connectivity index (χ0) is 21.2. The summed E-state index contributed by atoms with van der Waals surface area (Å²) < 4.78 is 5.20. The second-order valence-corrected chi connectivity index (χ2v) is 7.73. The van der Waals surface area contributed by atoms with Crippen molar-refractivity contribution in [3.8, 4) is 28.1 Å². The number of ether oxygens (including phenoxy) is 1. The molecule has 0 radical (unpaired) electrons. The molecule has 0 amide bonds. The smallest absolute Gasteiger partial charge is 0.227 e. The number of benzene rings is 2. The molecule has 2 aromatic carbocycles. The van der Waals surface area contributed by atoms with E-state index in [1.165, 1.54) is 0 Å². The molecule has 7 heteroatoms. The molecule has 0 aliphatic heterocycles. The predicted molar refractivity (Wildman–Crippen MR) is 127 cm³/mol. The van der Waals surface area contributed by atoms with E-state index < -0.39 is 0 Å². The maximum atomic E-state index is 6.22. The lowest BCUT2D eigenvalue weighted by atomic mass is 9.99. The van der Waals surface area contributed by atoms with Gasteiger partial charge in [-0.25, -0.2) is 15.0 Å². The summed E-state index contributed by atoms with van der Waals surface area (Å²) in [6.45, 7) is 0. The molecule has 5 rings (SSSR count). The molecule has 0 saturated carbocycles. The van der Waals surface area contributed by atoms with Crippen LogP contribution in [0.5, 0.6) is 5.75 Å². The Morgan fingerprint density at radius 3 is 2.58 bits per heavy atom. The van der Waals surface area contributed by atoms with E-state index in [2.05, 4.69) is 49.2 Å². The zero-order valence-electron chi connectivity index (χ0n) is 16.7. The Morgan fingerprint density at radius 1 is 0.935 bits per heavy atom. The van der Waals surface area contributed by atoms with E-state index in [9.17, 15) is 0 Å². The van der Waals surface area contributed by atoms with Crippen molar-refractivity contribution in [2.75, 3.05) is 18.2 Å². The first-order chi connectivity index (χ1) is 15.2. The van der Waals surface area contributed by atoms with Crippen molar-refractivity contribution >= 4 is 39.6 Å². The first-order valence-electron chi connectivity index (χ1n) is 9.66. The minimum atomic E-state index is 0.501. The summed E-state index contributed by atoms with van der Waals surface area (Å²) in [5.74, 6) is 1.81. The molecule has 0 bridgehead atoms. The number of nitrogens with zero attached hydrogens (tertiary/aromatic N) is 3. The van der Waals surface area contributed by atoms with Gasteiger partial charge >= 0.3 is 0 Å². The van der Waals surface area contributed by atoms with E-state index in [0.29, 0.717) is 11.8 Å². The van der Waals surface area contributed by atoms with Gasteiger partial charge in [-0.1, -0.05) is 12.1 Å². The molecule has 0 aliphatic rings. The molecule has 0 aliphatic carbocycles. The van der Waals surface area contributed by atoms with Gasteiger partial charge in [0.05, 0.1) is 12.8 Å². The molecule has 0 atom stereocenters. The summed E-state index contributed by atoms with van der Waals surface area (Å²) in [6.07, 6.45) is 3.57. The maximum absolute atomic E-state index is 6.22. The highest BCUT2D eigenvalue weighted by Gasteiger charge is 2.11. The molecule has 152 valence electrons. The van der Waals surface area contributed by atoms with Gasteiger partial charge in [-0.2, -0.15) is 11.3 Å². The quantitative estimate of drug-likeness (QED) is 0.373. The van der Waals surface area contributed by atoms with Crippen molar-refractivity contribution in [3.63, 3.8) is 0 Å². The Balaban J connectivity index is 1.50. The SMILES string of the molecule is COc1ccc(Nc2nccc(-c3ccc4c(-c5ccsc5)cnc(N)c4c3)n2)cc1. The highest BCUT2D eigenvalue weighted by Crippen LogP contribution is 2.34. The Morgan fingerprint density at radius 2 is 1.81 bits per heavy atom. The third kappa shape index (κ3) is 3.78. The Bertz CT molecular complexity index is 1350. The van der Waals surface area contributed by atoms with Crippen LogP contribution in [0.2, 0.25) is 0 Å². The first-order valence-corrected chi connectivity index (χ1v) is 10.6. The van der Waals surface area contributed by atoms with Gasteiger partial charge in [0.2, 0.25) is 5.95 Å². The van der Waals surface area contributed by atoms with Gasteiger partial charge in [0, 0.05) is 34.6 Å². The average Bonchev–Trinajstić information content (AvgIpc) is 3.35. The van der Waals surface area contributed by atoms with Crippen molar-refractivity contribution in [1.29, 1.82) is 0 Å². The van der Waals surface area contributed by atoms with Crippen LogP contribution in [-0.4, -0.2) is 22.1 Å². The Kier molecular flexibility index (Phi) is 4.93. The molecule has 31 heavy (non-hydrogen) atoms. The fraction of sp³-hybridized carbons (Fsp3) is 0.0417. The van der Waals surface area contributed by atoms with Crippen molar-refractivity contribution in [2.24, 2.45) is 0 Å². The predicted octanol–water partition coefficient (Wildman–Crippen LogP) is 5.75. The fourth-order valence-electron chi connectivity index (χ4n) is 3.45. The monoisotopic (exact) mass is 425 g/mol. The number of hydrogen-bond donors (Lipinski definition) is 2. The van der Waals surface area contributed by atoms with E-state index in [4.69, 9.17) is 10.5 Å². The van der Waals surface area contributed by atoms with Crippen molar-refractivity contribution < 1.29 is 4.74 Å². The fourth-order valence-corrected chi connectivity index (χ4v) is 4.11. The third-order valence-corrected chi connectivity index (χ3v) is 5.73. The van der Waals surface area contributed by atoms with Crippen LogP contribution in [0.15, 0.2) is 77.8 Å². The van der Waals surface area contributed by atoms with Crippen LogP contribution in [0, 0.1) is 0 Å². The first kappa shape index (κ1) is 19.0. The maximum Gasteiger partial charge on any atom is 0.227 e. The Labute approximate surface area is 183 Å². The molecule has 3 N–H and O–H groups in total. The Hall–Kier alpha value is -3.97. The van der Waals surface area contributed by atoms with Gasteiger partial charge in [-0.3, -0.25) is 0 Å². The van der Waals surface area contributed by atoms with Gasteiger partial charge in [-0.05, 0) is 64.2 Å². The summed E-state index contributed by atoms with van der Waals surface area (Å²) in [4.78, 5) is 13.4. The minimum Gasteiger partial charge on any atom is -0.497 e. The number of methoxy groups -OCH3 is 1. The average molecular weight is 426 g/mol. The number of pyridine rings is 1. The number of hydrogen-bond acceptors (Lipinski definition) is 7. The topological polar surface area (TPSA) is 86.0 Å². The van der Waals surface area contributed by atoms with Gasteiger partial charge in [0.15, 0.2) is 0 Å². The summed E-state index contributed by atoms with van der Waals surface area (Å²) >= 11 is 1.66. The van der Waals surface area contributed by atoms with Crippen LogP contribution in [0.4, 0.5) is 17.5 Å². The lowest BCUT2D eigenvalue weighted by Crippen LogP contribution is -1.98. The number of thiophene rings is 1. The van der Waals surface area contributed by atoms with Crippen LogP contribution >= 0.6 is 11.3 Å². The summed E-state index contributed by atoms with van der Waals surface area (Å²) in [6, 6.07) is 17.7. The number of aromatic nitrogens is 3. The second kappa shape index (κ2) is 8.04. The molecule has 3 aromatic heterocycles. The van der Waals surface area contributed by atoms with Crippen molar-refractivity contribution in [3.05, 3.63) is 77.8 Å². The number of anilines is 3. The van der Waals surface area contributed by atoms with Gasteiger partial charge in [0.1, 0.15) is 11.6 Å². The number of rotatable bonds is 5. The van der Waals surface area contributed by atoms with E-state index >= 15 is 0 Å². The summed E-state index contributed by atoms with van der Waals surface area (Å²) in [7, 11) is 1.64. The molecule has 3 heterocycles. The molecule has 5 aromatic rings. The van der Waals surface area contributed by atoms with Crippen LogP contribution < -0.4 is 15.8 Å². The van der Waals surface area contributed by atoms with Gasteiger partial charge < -0.3 is 15.8 Å². The molecular formula is C24H19N5OS.